The molecule has 2 fully saturated rings. The molecule has 2 aliphatic heterocycles. The highest BCUT2D eigenvalue weighted by molar-refractivity contribution is 6.21. The summed E-state index contributed by atoms with van der Waals surface area (Å²) in [6.45, 7) is -0.446. The molecule has 0 saturated carbocycles. The van der Waals surface area contributed by atoms with Crippen molar-refractivity contribution in [3.8, 4) is 0 Å². The third kappa shape index (κ3) is 3.60. The highest BCUT2D eigenvalue weighted by Crippen LogP contribution is 2.39. The lowest BCUT2D eigenvalue weighted by atomic mass is 9.85. The van der Waals surface area contributed by atoms with Gasteiger partial charge in [-0.1, -0.05) is 0 Å². The topological polar surface area (TPSA) is 120 Å². The van der Waals surface area contributed by atoms with Crippen LogP contribution in [0, 0.1) is 0 Å². The van der Waals surface area contributed by atoms with Crippen LogP contribution in [0.4, 0.5) is 0 Å². The molecule has 0 aromatic carbocycles. The summed E-state index contributed by atoms with van der Waals surface area (Å²) in [6, 6.07) is 0. The monoisotopic (exact) mass is 394 g/mol. The molecule has 136 valence electrons. The summed E-state index contributed by atoms with van der Waals surface area (Å²) in [5.74, 6) is -0.230. The SMILES string of the molecule is OCC1OC(CC2(CCl)OC(CCl)C(O)C2O)C(O)C(O)C1Cl. The van der Waals surface area contributed by atoms with Gasteiger partial charge >= 0.3 is 0 Å². The van der Waals surface area contributed by atoms with E-state index in [-0.39, 0.29) is 18.2 Å². The third-order valence-corrected chi connectivity index (χ3v) is 5.79. The Labute approximate surface area is 148 Å². The van der Waals surface area contributed by atoms with Crippen LogP contribution in [0.15, 0.2) is 0 Å². The molecule has 2 heterocycles. The highest BCUT2D eigenvalue weighted by atomic mass is 35.5. The number of aliphatic hydroxyl groups excluding tert-OH is 5. The number of halogens is 3. The van der Waals surface area contributed by atoms with E-state index in [1.165, 1.54) is 0 Å². The Morgan fingerprint density at radius 3 is 2.04 bits per heavy atom. The van der Waals surface area contributed by atoms with Crippen molar-refractivity contribution < 1.29 is 35.0 Å². The largest absolute Gasteiger partial charge is 0.394 e. The number of rotatable bonds is 5. The molecule has 23 heavy (non-hydrogen) atoms. The van der Waals surface area contributed by atoms with Crippen molar-refractivity contribution >= 4 is 34.8 Å². The highest BCUT2D eigenvalue weighted by Gasteiger charge is 2.56. The van der Waals surface area contributed by atoms with Crippen LogP contribution in [-0.2, 0) is 9.47 Å². The Kier molecular flexibility index (Phi) is 6.81. The van der Waals surface area contributed by atoms with Crippen molar-refractivity contribution in [2.24, 2.45) is 0 Å². The molecule has 0 aliphatic carbocycles. The molecule has 0 spiro atoms. The first-order valence-electron chi connectivity index (χ1n) is 7.23. The van der Waals surface area contributed by atoms with Gasteiger partial charge in [-0.3, -0.25) is 0 Å². The molecular weight excluding hydrogens is 374 g/mol. The Morgan fingerprint density at radius 1 is 0.913 bits per heavy atom. The lowest BCUT2D eigenvalue weighted by Gasteiger charge is -2.43. The molecule has 2 aliphatic rings. The van der Waals surface area contributed by atoms with Gasteiger partial charge in [0.2, 0.25) is 0 Å². The zero-order valence-electron chi connectivity index (χ0n) is 12.1. The van der Waals surface area contributed by atoms with Crippen LogP contribution in [0.2, 0.25) is 0 Å². The summed E-state index contributed by atoms with van der Waals surface area (Å²) in [6.07, 6.45) is -8.06. The quantitative estimate of drug-likeness (QED) is 0.371. The fraction of sp³-hybridized carbons (Fsp3) is 1.00. The van der Waals surface area contributed by atoms with Gasteiger partial charge in [0, 0.05) is 6.42 Å². The predicted molar refractivity (Wildman–Crippen MR) is 83.1 cm³/mol. The Balaban J connectivity index is 2.18. The van der Waals surface area contributed by atoms with Gasteiger partial charge in [-0.2, -0.15) is 0 Å². The van der Waals surface area contributed by atoms with Crippen molar-refractivity contribution in [2.45, 2.75) is 60.1 Å². The molecule has 0 radical (unpaired) electrons. The summed E-state index contributed by atoms with van der Waals surface area (Å²) >= 11 is 17.6. The first kappa shape index (κ1) is 19.9. The lowest BCUT2D eigenvalue weighted by molar-refractivity contribution is -0.197. The van der Waals surface area contributed by atoms with Gasteiger partial charge in [-0.25, -0.2) is 0 Å². The van der Waals surface area contributed by atoms with E-state index in [1.807, 2.05) is 0 Å². The fourth-order valence-corrected chi connectivity index (χ4v) is 3.94. The zero-order chi connectivity index (χ0) is 17.4. The molecule has 9 atom stereocenters. The number of ether oxygens (including phenoxy) is 2. The van der Waals surface area contributed by atoms with Gasteiger partial charge in [0.15, 0.2) is 0 Å². The van der Waals surface area contributed by atoms with Crippen molar-refractivity contribution in [3.63, 3.8) is 0 Å². The van der Waals surface area contributed by atoms with Crippen molar-refractivity contribution in [3.05, 3.63) is 0 Å². The summed E-state index contributed by atoms with van der Waals surface area (Å²) in [7, 11) is 0. The molecule has 2 rings (SSSR count). The van der Waals surface area contributed by atoms with Crippen LogP contribution < -0.4 is 0 Å². The number of hydrogen-bond donors (Lipinski definition) is 5. The van der Waals surface area contributed by atoms with E-state index in [9.17, 15) is 25.5 Å². The lowest BCUT2D eigenvalue weighted by Crippen LogP contribution is -2.59. The second-order valence-electron chi connectivity index (χ2n) is 5.97. The van der Waals surface area contributed by atoms with Crippen LogP contribution in [0.3, 0.4) is 0 Å². The number of alkyl halides is 3. The maximum Gasteiger partial charge on any atom is 0.113 e. The minimum Gasteiger partial charge on any atom is -0.394 e. The first-order valence-corrected chi connectivity index (χ1v) is 8.74. The van der Waals surface area contributed by atoms with Crippen molar-refractivity contribution in [1.29, 1.82) is 0 Å². The molecule has 10 heteroatoms. The van der Waals surface area contributed by atoms with Crippen molar-refractivity contribution in [1.82, 2.24) is 0 Å². The van der Waals surface area contributed by atoms with Gasteiger partial charge in [0.25, 0.3) is 0 Å². The Morgan fingerprint density at radius 2 is 1.57 bits per heavy atom. The molecule has 0 amide bonds. The number of aliphatic hydroxyl groups is 5. The molecule has 5 N–H and O–H groups in total. The van der Waals surface area contributed by atoms with E-state index in [0.717, 1.165) is 0 Å². The fourth-order valence-electron chi connectivity index (χ4n) is 3.07. The summed E-state index contributed by atoms with van der Waals surface area (Å²) in [4.78, 5) is 0. The van der Waals surface area contributed by atoms with E-state index >= 15 is 0 Å². The van der Waals surface area contributed by atoms with E-state index in [2.05, 4.69) is 0 Å². The average molecular weight is 396 g/mol. The summed E-state index contributed by atoms with van der Waals surface area (Å²) < 4.78 is 11.1. The van der Waals surface area contributed by atoms with E-state index < -0.39 is 60.3 Å². The Hall–Kier alpha value is 0.590. The van der Waals surface area contributed by atoms with Gasteiger partial charge in [-0.15, -0.1) is 34.8 Å². The van der Waals surface area contributed by atoms with Crippen LogP contribution in [0.1, 0.15) is 6.42 Å². The van der Waals surface area contributed by atoms with Crippen LogP contribution in [0.5, 0.6) is 0 Å². The second kappa shape index (κ2) is 7.86. The second-order valence-corrected chi connectivity index (χ2v) is 7.05. The van der Waals surface area contributed by atoms with Crippen molar-refractivity contribution in [2.75, 3.05) is 18.4 Å². The summed E-state index contributed by atoms with van der Waals surface area (Å²) in [5.41, 5.74) is -1.40. The Bertz CT molecular complexity index is 402. The molecule has 9 unspecified atom stereocenters. The van der Waals surface area contributed by atoms with Gasteiger partial charge in [-0.05, 0) is 0 Å². The maximum atomic E-state index is 10.3. The number of hydrogen-bond acceptors (Lipinski definition) is 7. The molecule has 0 bridgehead atoms. The van der Waals surface area contributed by atoms with Crippen LogP contribution in [0.25, 0.3) is 0 Å². The van der Waals surface area contributed by atoms with Gasteiger partial charge in [0.05, 0.1) is 36.0 Å². The van der Waals surface area contributed by atoms with Gasteiger partial charge in [0.1, 0.15) is 36.1 Å². The molecule has 7 nitrogen and oxygen atoms in total. The van der Waals surface area contributed by atoms with Gasteiger partial charge < -0.3 is 35.0 Å². The minimum atomic E-state index is -1.40. The third-order valence-electron chi connectivity index (χ3n) is 4.50. The average Bonchev–Trinajstić information content (AvgIpc) is 2.80. The molecule has 0 aromatic heterocycles. The van der Waals surface area contributed by atoms with E-state index in [1.54, 1.807) is 0 Å². The van der Waals surface area contributed by atoms with E-state index in [4.69, 9.17) is 44.3 Å². The molecule has 2 saturated heterocycles. The normalized spacial score (nSPS) is 51.1. The maximum absolute atomic E-state index is 10.3. The predicted octanol–water partition coefficient (Wildman–Crippen LogP) is -1.20. The van der Waals surface area contributed by atoms with Crippen LogP contribution >= 0.6 is 34.8 Å². The summed E-state index contributed by atoms with van der Waals surface area (Å²) in [5, 5.41) is 48.7. The van der Waals surface area contributed by atoms with Crippen LogP contribution in [-0.4, -0.2) is 97.6 Å². The molecule has 0 aromatic rings. The minimum absolute atomic E-state index is 0.0451. The smallest absolute Gasteiger partial charge is 0.113 e. The standard InChI is InChI=1S/C13H21Cl3O7/c14-2-6-10(19)12(21)13(4-15,23-6)1-5-9(18)11(20)8(16)7(3-17)22-5/h5-12,17-21H,1-4H2. The molecular formula is C13H21Cl3O7. The first-order chi connectivity index (χ1) is 10.8. The zero-order valence-corrected chi connectivity index (χ0v) is 14.4. The van der Waals surface area contributed by atoms with E-state index in [0.29, 0.717) is 0 Å².